The molecule has 1 aliphatic rings. The van der Waals surface area contributed by atoms with Crippen LogP contribution in [0.3, 0.4) is 0 Å². The fraction of sp³-hybridized carbons (Fsp3) is 0.0213. The summed E-state index contributed by atoms with van der Waals surface area (Å²) >= 11 is 3.52. The van der Waals surface area contributed by atoms with Crippen molar-refractivity contribution in [3.8, 4) is 96.5 Å². The second-order valence-electron chi connectivity index (χ2n) is 26.5. The minimum absolute atomic E-state index is 0. The van der Waals surface area contributed by atoms with E-state index in [1.165, 1.54) is 44.1 Å². The largest absolute Gasteiger partial charge is 0.309 e. The van der Waals surface area contributed by atoms with Gasteiger partial charge in [-0.2, -0.15) is 0 Å². The summed E-state index contributed by atoms with van der Waals surface area (Å²) in [7, 11) is 0. The molecule has 7 aromatic heterocycles. The van der Waals surface area contributed by atoms with Crippen molar-refractivity contribution in [1.29, 1.82) is 0 Å². The fourth-order valence-corrected chi connectivity index (χ4v) is 15.5. The van der Waals surface area contributed by atoms with Crippen molar-refractivity contribution >= 4 is 93.4 Å². The Bertz CT molecular complexity index is 6860. The van der Waals surface area contributed by atoms with Gasteiger partial charge in [0.05, 0.1) is 55.2 Å². The molecule has 0 saturated heterocycles. The van der Waals surface area contributed by atoms with Crippen LogP contribution in [-0.4, -0.2) is 62.4 Å². The van der Waals surface area contributed by atoms with Gasteiger partial charge in [0, 0.05) is 65.7 Å². The molecule has 0 amide bonds. The Kier molecular flexibility index (Phi) is 16.3. The smallest absolute Gasteiger partial charge is 0.220 e. The van der Waals surface area contributed by atoms with Gasteiger partial charge >= 0.3 is 0 Å². The standard InChI is InChI=1S/C46H29N7.C26H17N3.C21H14BrN3.CH4/c1-4-15-30(16-5-1)43-48-44(31-17-6-2-7-18-31)50-45(49-43)32-19-14-22-34(27-32)51-38-25-12-10-23-35(38)36-28-41-42(29-40(36)51)52(33-20-8-3-9-21-33)46-47-37-24-11-13-26-39(37)53(41)46;1-2-9-19(10-3-1)28-24-15-18-14-17-8-4-5-11-20(17)21(18)16-25(24)29-23-13-7-6-12-22(23)27-26(28)29;22-18-13-7-12-17(14-18)21-24-19(15-8-3-1-4-9-15)23-20(25-21)16-10-5-2-6-11-16;/h1-29H;1-13,15-16H,14H2;1-14H;1H4. The molecule has 13 nitrogen and oxygen atoms in total. The topological polar surface area (TPSA) is 127 Å². The third kappa shape index (κ3) is 11.4. The second-order valence-corrected chi connectivity index (χ2v) is 27.4. The molecule has 0 aliphatic heterocycles. The van der Waals surface area contributed by atoms with Crippen molar-refractivity contribution in [3.63, 3.8) is 0 Å². The van der Waals surface area contributed by atoms with Crippen LogP contribution >= 0.6 is 15.9 Å². The lowest BCUT2D eigenvalue weighted by molar-refractivity contribution is 1.07. The SMILES string of the molecule is Brc1cccc(-c2nc(-c3ccccc3)nc(-c3ccccc3)n2)c1.C.c1ccc(-c2nc(-c3ccccc3)nc(-c3cccc(-n4c5ccccc5c5cc6c(cc54)n(-c4ccccc4)c4nc5ccccc5n64)c3)n2)cc1.c1ccc(-n2c3cc4c(cc3n3c5ccccc5nc23)-c2ccccc2C4)cc1. The van der Waals surface area contributed by atoms with Crippen molar-refractivity contribution in [2.75, 3.05) is 0 Å². The zero-order chi connectivity index (χ0) is 70.9. The average molecular weight is 1460 g/mol. The van der Waals surface area contributed by atoms with Crippen LogP contribution in [0.25, 0.3) is 174 Å². The quantitative estimate of drug-likeness (QED) is 0.140. The zero-order valence-electron chi connectivity index (χ0n) is 57.4. The summed E-state index contributed by atoms with van der Waals surface area (Å²) in [5, 5.41) is 2.35. The highest BCUT2D eigenvalue weighted by Crippen LogP contribution is 2.43. The van der Waals surface area contributed by atoms with E-state index in [9.17, 15) is 0 Å². The lowest BCUT2D eigenvalue weighted by atomic mass is 10.1. The number of rotatable bonds is 9. The molecule has 0 atom stereocenters. The highest BCUT2D eigenvalue weighted by molar-refractivity contribution is 9.10. The van der Waals surface area contributed by atoms with E-state index in [0.717, 1.165) is 117 Å². The highest BCUT2D eigenvalue weighted by Gasteiger charge is 2.26. The summed E-state index contributed by atoms with van der Waals surface area (Å²) in [5.74, 6) is 5.74. The van der Waals surface area contributed by atoms with E-state index in [-0.39, 0.29) is 7.43 Å². The number of imidazole rings is 4. The molecule has 7 heterocycles. The summed E-state index contributed by atoms with van der Waals surface area (Å²) < 4.78 is 12.5. The first-order valence-electron chi connectivity index (χ1n) is 35.6. The Hall–Kier alpha value is -14.1. The third-order valence-electron chi connectivity index (χ3n) is 20.0. The highest BCUT2D eigenvalue weighted by atomic mass is 79.9. The summed E-state index contributed by atoms with van der Waals surface area (Å²) in [6.07, 6.45) is 0.991. The van der Waals surface area contributed by atoms with Gasteiger partial charge in [0.15, 0.2) is 34.9 Å². The van der Waals surface area contributed by atoms with E-state index in [2.05, 4.69) is 244 Å². The lowest BCUT2D eigenvalue weighted by Crippen LogP contribution is -2.01. The number of hydrogen-bond acceptors (Lipinski definition) is 8. The molecule has 14 heteroatoms. The maximum absolute atomic E-state index is 5.15. The molecule has 21 aromatic rings. The number of fused-ring (bicyclic) bond motifs is 16. The van der Waals surface area contributed by atoms with Crippen molar-refractivity contribution in [2.45, 2.75) is 13.8 Å². The van der Waals surface area contributed by atoms with E-state index in [4.69, 9.17) is 34.9 Å². The Morgan fingerprint density at radius 2 is 0.620 bits per heavy atom. The number of aromatic nitrogens is 13. The maximum Gasteiger partial charge on any atom is 0.220 e. The van der Waals surface area contributed by atoms with E-state index in [1.54, 1.807) is 0 Å². The number of para-hydroxylation sites is 7. The van der Waals surface area contributed by atoms with Crippen molar-refractivity contribution in [1.82, 2.24) is 62.4 Å². The molecule has 0 radical (unpaired) electrons. The number of benzene rings is 14. The normalized spacial score (nSPS) is 11.6. The molecular formula is C94H64BrN13. The summed E-state index contributed by atoms with van der Waals surface area (Å²) in [6, 6.07) is 121. The van der Waals surface area contributed by atoms with Gasteiger partial charge in [-0.25, -0.2) is 39.9 Å². The monoisotopic (exact) mass is 1450 g/mol. The number of halogens is 1. The Labute approximate surface area is 629 Å². The van der Waals surface area contributed by atoms with Gasteiger partial charge in [-0.1, -0.05) is 272 Å². The minimum Gasteiger partial charge on any atom is -0.309 e. The van der Waals surface area contributed by atoms with Crippen LogP contribution in [0.5, 0.6) is 0 Å². The zero-order valence-corrected chi connectivity index (χ0v) is 59.0. The molecule has 0 saturated carbocycles. The predicted molar refractivity (Wildman–Crippen MR) is 442 cm³/mol. The molecule has 0 fully saturated rings. The molecule has 0 bridgehead atoms. The maximum atomic E-state index is 5.15. The Balaban J connectivity index is 0.000000121. The van der Waals surface area contributed by atoms with Gasteiger partial charge in [0.25, 0.3) is 0 Å². The van der Waals surface area contributed by atoms with E-state index in [0.29, 0.717) is 34.9 Å². The van der Waals surface area contributed by atoms with Crippen LogP contribution in [0.2, 0.25) is 0 Å². The van der Waals surface area contributed by atoms with Crippen molar-refractivity contribution in [2.24, 2.45) is 0 Å². The average Bonchev–Trinajstić information content (AvgIpc) is 1.55. The number of hydrogen-bond donors (Lipinski definition) is 0. The molecule has 0 unspecified atom stereocenters. The molecule has 22 rings (SSSR count). The van der Waals surface area contributed by atoms with Gasteiger partial charge < -0.3 is 4.57 Å². The first kappa shape index (κ1) is 64.7. The van der Waals surface area contributed by atoms with Gasteiger partial charge in [-0.05, 0) is 132 Å². The Morgan fingerprint density at radius 3 is 1.13 bits per heavy atom. The lowest BCUT2D eigenvalue weighted by Gasteiger charge is -2.12. The molecular weight excluding hydrogens is 1390 g/mol. The van der Waals surface area contributed by atoms with E-state index in [1.807, 2.05) is 152 Å². The van der Waals surface area contributed by atoms with Crippen LogP contribution in [0.1, 0.15) is 18.6 Å². The predicted octanol–water partition coefficient (Wildman–Crippen LogP) is 23.0. The molecule has 512 valence electrons. The fourth-order valence-electron chi connectivity index (χ4n) is 15.1. The summed E-state index contributed by atoms with van der Waals surface area (Å²) in [6.45, 7) is 0. The van der Waals surface area contributed by atoms with Crippen LogP contribution in [-0.2, 0) is 6.42 Å². The van der Waals surface area contributed by atoms with E-state index < -0.39 is 0 Å². The van der Waals surface area contributed by atoms with Gasteiger partial charge in [0.1, 0.15) is 0 Å². The van der Waals surface area contributed by atoms with Crippen molar-refractivity contribution in [3.05, 3.63) is 367 Å². The van der Waals surface area contributed by atoms with Gasteiger partial charge in [-0.15, -0.1) is 0 Å². The van der Waals surface area contributed by atoms with E-state index >= 15 is 0 Å². The molecule has 108 heavy (non-hydrogen) atoms. The molecule has 1 aliphatic carbocycles. The van der Waals surface area contributed by atoms with Crippen LogP contribution < -0.4 is 0 Å². The third-order valence-corrected chi connectivity index (χ3v) is 20.5. The number of nitrogens with zero attached hydrogens (tertiary/aromatic N) is 13. The van der Waals surface area contributed by atoms with Gasteiger partial charge in [0.2, 0.25) is 11.6 Å². The molecule has 14 aromatic carbocycles. The first-order chi connectivity index (χ1) is 53.0. The Morgan fingerprint density at radius 1 is 0.231 bits per heavy atom. The molecule has 0 spiro atoms. The summed E-state index contributed by atoms with van der Waals surface area (Å²) in [5.41, 5.74) is 25.4. The van der Waals surface area contributed by atoms with Crippen molar-refractivity contribution < 1.29 is 0 Å². The second kappa shape index (κ2) is 27.2. The first-order valence-corrected chi connectivity index (χ1v) is 36.3. The van der Waals surface area contributed by atoms with Crippen LogP contribution in [0.15, 0.2) is 356 Å². The minimum atomic E-state index is 0. The summed E-state index contributed by atoms with van der Waals surface area (Å²) in [4.78, 5) is 39.2. The van der Waals surface area contributed by atoms with Gasteiger partial charge in [-0.3, -0.25) is 17.9 Å². The molecule has 0 N–H and O–H groups in total. The van der Waals surface area contributed by atoms with Crippen LogP contribution in [0, 0.1) is 0 Å². The van der Waals surface area contributed by atoms with Crippen LogP contribution in [0.4, 0.5) is 0 Å².